The summed E-state index contributed by atoms with van der Waals surface area (Å²) in [7, 11) is 0. The molecule has 0 aliphatic carbocycles. The molecular weight excluding hydrogens is 382 g/mol. The molecule has 2 aromatic carbocycles. The fourth-order valence-corrected chi connectivity index (χ4v) is 3.93. The molecule has 130 valence electrons. The third-order valence-corrected chi connectivity index (χ3v) is 5.23. The molecule has 2 aliphatic heterocycles. The van der Waals surface area contributed by atoms with Crippen LogP contribution < -0.4 is 9.47 Å². The lowest BCUT2D eigenvalue weighted by Crippen LogP contribution is -2.30. The zero-order valence-electron chi connectivity index (χ0n) is 13.9. The van der Waals surface area contributed by atoms with Gasteiger partial charge in [-0.1, -0.05) is 28.1 Å². The van der Waals surface area contributed by atoms with Crippen LogP contribution in [0.4, 0.5) is 0 Å². The van der Waals surface area contributed by atoms with Crippen LogP contribution in [0, 0.1) is 0 Å². The van der Waals surface area contributed by atoms with Gasteiger partial charge in [-0.25, -0.2) is 0 Å². The lowest BCUT2D eigenvalue weighted by atomic mass is 10.0. The van der Waals surface area contributed by atoms with Crippen molar-refractivity contribution in [2.75, 3.05) is 19.8 Å². The number of benzene rings is 2. The third-order valence-electron chi connectivity index (χ3n) is 4.74. The van der Waals surface area contributed by atoms with E-state index < -0.39 is 0 Å². The standard InChI is InChI=1S/C20H20BrNO3/c21-16-5-1-4-15(12-16)20(23)22-9-2-6-17(22)14-7-8-18-19(13-14)25-11-3-10-24-18/h1,4-5,7-8,12-13,17H,2-3,6,9-11H2/t17-/m1/s1. The normalized spacial score (nSPS) is 19.6. The molecule has 0 bridgehead atoms. The Hall–Kier alpha value is -2.01. The molecule has 4 nitrogen and oxygen atoms in total. The highest BCUT2D eigenvalue weighted by molar-refractivity contribution is 9.10. The summed E-state index contributed by atoms with van der Waals surface area (Å²) in [5, 5.41) is 0. The molecular formula is C20H20BrNO3. The van der Waals surface area contributed by atoms with Crippen LogP contribution in [0.5, 0.6) is 11.5 Å². The van der Waals surface area contributed by atoms with Crippen molar-refractivity contribution >= 4 is 21.8 Å². The highest BCUT2D eigenvalue weighted by Crippen LogP contribution is 2.38. The van der Waals surface area contributed by atoms with Crippen LogP contribution in [0.1, 0.15) is 41.2 Å². The van der Waals surface area contributed by atoms with Gasteiger partial charge in [-0.15, -0.1) is 0 Å². The van der Waals surface area contributed by atoms with Gasteiger partial charge in [-0.2, -0.15) is 0 Å². The second kappa shape index (κ2) is 7.08. The number of likely N-dealkylation sites (tertiary alicyclic amines) is 1. The maximum absolute atomic E-state index is 13.0. The minimum Gasteiger partial charge on any atom is -0.490 e. The molecule has 0 spiro atoms. The van der Waals surface area contributed by atoms with E-state index in [0.29, 0.717) is 13.2 Å². The number of carbonyl (C=O) groups is 1. The first-order chi connectivity index (χ1) is 12.2. The summed E-state index contributed by atoms with van der Waals surface area (Å²) in [5.41, 5.74) is 1.83. The average molecular weight is 402 g/mol. The summed E-state index contributed by atoms with van der Waals surface area (Å²) in [4.78, 5) is 14.9. The second-order valence-electron chi connectivity index (χ2n) is 6.42. The molecule has 1 saturated heterocycles. The van der Waals surface area contributed by atoms with Crippen molar-refractivity contribution in [1.29, 1.82) is 0 Å². The lowest BCUT2D eigenvalue weighted by molar-refractivity contribution is 0.0735. The third kappa shape index (κ3) is 3.38. The first kappa shape index (κ1) is 16.5. The summed E-state index contributed by atoms with van der Waals surface area (Å²) in [5.74, 6) is 1.66. The Balaban J connectivity index is 1.61. The Bertz CT molecular complexity index is 792. The maximum Gasteiger partial charge on any atom is 0.254 e. The van der Waals surface area contributed by atoms with Crippen LogP contribution in [0.3, 0.4) is 0 Å². The van der Waals surface area contributed by atoms with Gasteiger partial charge < -0.3 is 14.4 Å². The van der Waals surface area contributed by atoms with Crippen LogP contribution in [0.25, 0.3) is 0 Å². The quantitative estimate of drug-likeness (QED) is 0.738. The zero-order valence-corrected chi connectivity index (χ0v) is 15.5. The zero-order chi connectivity index (χ0) is 17.2. The van der Waals surface area contributed by atoms with Gasteiger partial charge in [0.05, 0.1) is 19.3 Å². The highest BCUT2D eigenvalue weighted by Gasteiger charge is 2.31. The van der Waals surface area contributed by atoms with Gasteiger partial charge in [0, 0.05) is 23.0 Å². The number of halogens is 1. The molecule has 1 amide bonds. The Morgan fingerprint density at radius 2 is 1.88 bits per heavy atom. The molecule has 0 unspecified atom stereocenters. The fourth-order valence-electron chi connectivity index (χ4n) is 3.53. The van der Waals surface area contributed by atoms with Crippen molar-refractivity contribution in [3.05, 3.63) is 58.1 Å². The van der Waals surface area contributed by atoms with Crippen molar-refractivity contribution in [3.63, 3.8) is 0 Å². The van der Waals surface area contributed by atoms with E-state index in [0.717, 1.165) is 52.9 Å². The van der Waals surface area contributed by atoms with Crippen molar-refractivity contribution in [2.24, 2.45) is 0 Å². The van der Waals surface area contributed by atoms with E-state index in [9.17, 15) is 4.79 Å². The van der Waals surface area contributed by atoms with Crippen molar-refractivity contribution in [1.82, 2.24) is 4.90 Å². The molecule has 25 heavy (non-hydrogen) atoms. The number of amides is 1. The number of carbonyl (C=O) groups excluding carboxylic acids is 1. The molecule has 4 rings (SSSR count). The van der Waals surface area contributed by atoms with Gasteiger partial charge in [-0.3, -0.25) is 4.79 Å². The lowest BCUT2D eigenvalue weighted by Gasteiger charge is -2.26. The molecule has 5 heteroatoms. The van der Waals surface area contributed by atoms with Crippen LogP contribution in [-0.4, -0.2) is 30.6 Å². The van der Waals surface area contributed by atoms with Crippen LogP contribution in [0.2, 0.25) is 0 Å². The summed E-state index contributed by atoms with van der Waals surface area (Å²) >= 11 is 3.45. The predicted octanol–water partition coefficient (Wildman–Crippen LogP) is 4.59. The Morgan fingerprint density at radius 3 is 2.72 bits per heavy atom. The number of hydrogen-bond donors (Lipinski definition) is 0. The highest BCUT2D eigenvalue weighted by atomic mass is 79.9. The largest absolute Gasteiger partial charge is 0.490 e. The Kier molecular flexibility index (Phi) is 4.66. The van der Waals surface area contributed by atoms with Gasteiger partial charge in [0.25, 0.3) is 5.91 Å². The number of hydrogen-bond acceptors (Lipinski definition) is 3. The molecule has 0 N–H and O–H groups in total. The minimum atomic E-state index is 0.0795. The first-order valence-electron chi connectivity index (χ1n) is 8.68. The summed E-state index contributed by atoms with van der Waals surface area (Å²) in [6.45, 7) is 2.13. The van der Waals surface area contributed by atoms with Crippen LogP contribution in [0.15, 0.2) is 46.9 Å². The molecule has 1 fully saturated rings. The molecule has 2 aliphatic rings. The molecule has 2 aromatic rings. The van der Waals surface area contributed by atoms with Crippen molar-refractivity contribution in [2.45, 2.75) is 25.3 Å². The van der Waals surface area contributed by atoms with Gasteiger partial charge >= 0.3 is 0 Å². The van der Waals surface area contributed by atoms with Gasteiger partial charge in [0.1, 0.15) is 0 Å². The summed E-state index contributed by atoms with van der Waals surface area (Å²) in [6, 6.07) is 13.7. The molecule has 0 radical (unpaired) electrons. The van der Waals surface area contributed by atoms with E-state index in [4.69, 9.17) is 9.47 Å². The van der Waals surface area contributed by atoms with E-state index >= 15 is 0 Å². The molecule has 0 aromatic heterocycles. The first-order valence-corrected chi connectivity index (χ1v) is 9.48. The van der Waals surface area contributed by atoms with Crippen LogP contribution >= 0.6 is 15.9 Å². The smallest absolute Gasteiger partial charge is 0.254 e. The molecule has 2 heterocycles. The molecule has 1 atom stereocenters. The van der Waals surface area contributed by atoms with E-state index in [1.165, 1.54) is 0 Å². The maximum atomic E-state index is 13.0. The Morgan fingerprint density at radius 1 is 1.04 bits per heavy atom. The number of rotatable bonds is 2. The minimum absolute atomic E-state index is 0.0795. The van der Waals surface area contributed by atoms with E-state index in [1.807, 2.05) is 41.3 Å². The fraction of sp³-hybridized carbons (Fsp3) is 0.350. The Labute approximate surface area is 155 Å². The molecule has 0 saturated carbocycles. The number of fused-ring (bicyclic) bond motifs is 1. The van der Waals surface area contributed by atoms with E-state index in [-0.39, 0.29) is 11.9 Å². The van der Waals surface area contributed by atoms with Gasteiger partial charge in [0.2, 0.25) is 0 Å². The SMILES string of the molecule is O=C(c1cccc(Br)c1)N1CCC[C@@H]1c1ccc2c(c1)OCCCO2. The second-order valence-corrected chi connectivity index (χ2v) is 7.34. The van der Waals surface area contributed by atoms with Crippen molar-refractivity contribution < 1.29 is 14.3 Å². The summed E-state index contributed by atoms with van der Waals surface area (Å²) < 4.78 is 12.4. The van der Waals surface area contributed by atoms with E-state index in [2.05, 4.69) is 22.0 Å². The van der Waals surface area contributed by atoms with Gasteiger partial charge in [0.15, 0.2) is 11.5 Å². The number of nitrogens with zero attached hydrogens (tertiary/aromatic N) is 1. The topological polar surface area (TPSA) is 38.8 Å². The number of ether oxygens (including phenoxy) is 2. The van der Waals surface area contributed by atoms with E-state index in [1.54, 1.807) is 0 Å². The van der Waals surface area contributed by atoms with Crippen LogP contribution in [-0.2, 0) is 0 Å². The average Bonchev–Trinajstić information content (AvgIpc) is 2.99. The monoisotopic (exact) mass is 401 g/mol. The van der Waals surface area contributed by atoms with Gasteiger partial charge in [-0.05, 0) is 48.7 Å². The van der Waals surface area contributed by atoms with Crippen molar-refractivity contribution in [3.8, 4) is 11.5 Å². The summed E-state index contributed by atoms with van der Waals surface area (Å²) in [6.07, 6.45) is 2.87. The predicted molar refractivity (Wildman–Crippen MR) is 99.2 cm³/mol.